The van der Waals surface area contributed by atoms with Crippen LogP contribution in [0.3, 0.4) is 0 Å². The highest BCUT2D eigenvalue weighted by atomic mass is 19.3. The Morgan fingerprint density at radius 1 is 1.41 bits per heavy atom. The number of hydrogen-bond acceptors (Lipinski definition) is 4. The molecule has 8 heteroatoms. The number of nitrogens with one attached hydrogen (secondary N) is 1. The number of alkyl halides is 2. The van der Waals surface area contributed by atoms with Crippen LogP contribution in [0, 0.1) is 11.3 Å². The van der Waals surface area contributed by atoms with Crippen molar-refractivity contribution in [3.05, 3.63) is 29.8 Å². The third kappa shape index (κ3) is 3.49. The molecule has 0 aliphatic carbocycles. The van der Waals surface area contributed by atoms with E-state index in [4.69, 9.17) is 10.00 Å². The van der Waals surface area contributed by atoms with E-state index in [1.54, 1.807) is 12.1 Å². The third-order valence-electron chi connectivity index (χ3n) is 3.07. The Balaban J connectivity index is 1.89. The fourth-order valence-corrected chi connectivity index (χ4v) is 1.96. The van der Waals surface area contributed by atoms with Gasteiger partial charge in [-0.2, -0.15) is 5.26 Å². The Kier molecular flexibility index (Phi) is 4.26. The van der Waals surface area contributed by atoms with Gasteiger partial charge in [-0.25, -0.2) is 13.6 Å². The fourth-order valence-electron chi connectivity index (χ4n) is 1.96. The van der Waals surface area contributed by atoms with E-state index in [9.17, 15) is 18.4 Å². The summed E-state index contributed by atoms with van der Waals surface area (Å²) in [5, 5.41) is 11.1. The van der Waals surface area contributed by atoms with Crippen molar-refractivity contribution >= 4 is 12.0 Å². The third-order valence-corrected chi connectivity index (χ3v) is 3.07. The number of benzene rings is 1. The summed E-state index contributed by atoms with van der Waals surface area (Å²) in [6.07, 6.45) is -0.934. The number of carbonyl (C=O) groups excluding carboxylic acids is 2. The molecule has 1 heterocycles. The van der Waals surface area contributed by atoms with Crippen LogP contribution in [0.1, 0.15) is 12.5 Å². The first kappa shape index (κ1) is 15.7. The van der Waals surface area contributed by atoms with Crippen LogP contribution >= 0.6 is 0 Å². The van der Waals surface area contributed by atoms with Gasteiger partial charge in [0.1, 0.15) is 12.1 Å². The minimum atomic E-state index is -2.86. The number of nitriles is 1. The summed E-state index contributed by atoms with van der Waals surface area (Å²) in [4.78, 5) is 24.4. The second kappa shape index (κ2) is 5.97. The Morgan fingerprint density at radius 2 is 2.05 bits per heavy atom. The first-order valence-corrected chi connectivity index (χ1v) is 6.46. The smallest absolute Gasteiger partial charge is 0.409 e. The Morgan fingerprint density at radius 3 is 2.64 bits per heavy atom. The molecule has 0 bridgehead atoms. The van der Waals surface area contributed by atoms with Crippen LogP contribution in [-0.4, -0.2) is 42.0 Å². The molecule has 0 radical (unpaired) electrons. The quantitative estimate of drug-likeness (QED) is 0.917. The zero-order valence-electron chi connectivity index (χ0n) is 11.7. The highest BCUT2D eigenvalue weighted by Gasteiger charge is 2.47. The maximum absolute atomic E-state index is 12.7. The number of hydrogen-bond donors (Lipinski definition) is 1. The number of carbonyl (C=O) groups is 2. The van der Waals surface area contributed by atoms with Crippen molar-refractivity contribution in [3.8, 4) is 11.8 Å². The molecule has 1 atom stereocenters. The van der Waals surface area contributed by atoms with Crippen LogP contribution in [0.2, 0.25) is 0 Å². The van der Waals surface area contributed by atoms with Gasteiger partial charge < -0.3 is 15.0 Å². The normalized spacial score (nSPS) is 16.9. The lowest BCUT2D eigenvalue weighted by molar-refractivity contribution is -0.167. The standard InChI is InChI=1S/C14H13F2N3O3/c1-9(12(20)19-7-14(15,16)8-19)18-13(21)22-11-5-3-2-4-10(11)6-17/h2-5,9H,7-8H2,1H3,(H,18,21). The largest absolute Gasteiger partial charge is 0.413 e. The Labute approximate surface area is 125 Å². The molecule has 0 saturated carbocycles. The lowest BCUT2D eigenvalue weighted by Crippen LogP contribution is -2.62. The van der Waals surface area contributed by atoms with Gasteiger partial charge in [-0.1, -0.05) is 12.1 Å². The first-order valence-electron chi connectivity index (χ1n) is 6.46. The van der Waals surface area contributed by atoms with Gasteiger partial charge in [0.15, 0.2) is 5.75 Å². The predicted octanol–water partition coefficient (Wildman–Crippen LogP) is 1.51. The molecule has 22 heavy (non-hydrogen) atoms. The molecule has 0 spiro atoms. The zero-order valence-corrected chi connectivity index (χ0v) is 11.7. The Bertz CT molecular complexity index is 634. The van der Waals surface area contributed by atoms with E-state index in [0.717, 1.165) is 4.90 Å². The van der Waals surface area contributed by atoms with Crippen molar-refractivity contribution in [2.24, 2.45) is 0 Å². The van der Waals surface area contributed by atoms with Gasteiger partial charge in [0, 0.05) is 0 Å². The van der Waals surface area contributed by atoms with Crippen LogP contribution in [-0.2, 0) is 4.79 Å². The summed E-state index contributed by atoms with van der Waals surface area (Å²) < 4.78 is 30.4. The molecule has 1 N–H and O–H groups in total. The van der Waals surface area contributed by atoms with Crippen molar-refractivity contribution in [1.82, 2.24) is 10.2 Å². The highest BCUT2D eigenvalue weighted by Crippen LogP contribution is 2.27. The van der Waals surface area contributed by atoms with Crippen molar-refractivity contribution in [2.75, 3.05) is 13.1 Å². The molecule has 1 fully saturated rings. The predicted molar refractivity (Wildman–Crippen MR) is 71.3 cm³/mol. The molecule has 1 aromatic rings. The van der Waals surface area contributed by atoms with Gasteiger partial charge in [-0.3, -0.25) is 4.79 Å². The number of rotatable bonds is 3. The van der Waals surface area contributed by atoms with E-state index >= 15 is 0 Å². The number of amides is 2. The highest BCUT2D eigenvalue weighted by molar-refractivity contribution is 5.86. The fraction of sp³-hybridized carbons (Fsp3) is 0.357. The molecule has 6 nitrogen and oxygen atoms in total. The molecule has 1 aromatic carbocycles. The van der Waals surface area contributed by atoms with Crippen molar-refractivity contribution in [2.45, 2.75) is 18.9 Å². The van der Waals surface area contributed by atoms with E-state index in [-0.39, 0.29) is 11.3 Å². The zero-order chi connectivity index (χ0) is 16.3. The molecular weight excluding hydrogens is 296 g/mol. The molecular formula is C14H13F2N3O3. The number of halogens is 2. The lowest BCUT2D eigenvalue weighted by atomic mass is 10.1. The molecule has 1 saturated heterocycles. The Hall–Kier alpha value is -2.69. The van der Waals surface area contributed by atoms with Crippen LogP contribution in [0.25, 0.3) is 0 Å². The number of ether oxygens (including phenoxy) is 1. The SMILES string of the molecule is CC(NC(=O)Oc1ccccc1C#N)C(=O)N1CC(F)(F)C1. The number of para-hydroxylation sites is 1. The summed E-state index contributed by atoms with van der Waals surface area (Å²) in [6, 6.07) is 6.95. The topological polar surface area (TPSA) is 82.4 Å². The molecule has 2 amide bonds. The first-order chi connectivity index (χ1) is 10.3. The van der Waals surface area contributed by atoms with Gasteiger partial charge in [0.25, 0.3) is 5.92 Å². The van der Waals surface area contributed by atoms with Crippen LogP contribution in [0.4, 0.5) is 13.6 Å². The van der Waals surface area contributed by atoms with Gasteiger partial charge in [0.2, 0.25) is 5.91 Å². The molecule has 0 aromatic heterocycles. The monoisotopic (exact) mass is 309 g/mol. The minimum Gasteiger partial charge on any atom is -0.409 e. The van der Waals surface area contributed by atoms with Crippen molar-refractivity contribution < 1.29 is 23.1 Å². The second-order valence-corrected chi connectivity index (χ2v) is 4.91. The van der Waals surface area contributed by atoms with Gasteiger partial charge in [0.05, 0.1) is 18.7 Å². The number of likely N-dealkylation sites (tertiary alicyclic amines) is 1. The summed E-state index contributed by atoms with van der Waals surface area (Å²) in [7, 11) is 0. The van der Waals surface area contributed by atoms with E-state index in [2.05, 4.69) is 5.32 Å². The molecule has 2 rings (SSSR count). The second-order valence-electron chi connectivity index (χ2n) is 4.91. The maximum Gasteiger partial charge on any atom is 0.413 e. The molecule has 116 valence electrons. The number of nitrogens with zero attached hydrogens (tertiary/aromatic N) is 2. The lowest BCUT2D eigenvalue weighted by Gasteiger charge is -2.39. The van der Waals surface area contributed by atoms with Crippen LogP contribution in [0.15, 0.2) is 24.3 Å². The van der Waals surface area contributed by atoms with Crippen molar-refractivity contribution in [3.63, 3.8) is 0 Å². The van der Waals surface area contributed by atoms with E-state index < -0.39 is 37.1 Å². The molecule has 1 aliphatic rings. The van der Waals surface area contributed by atoms with E-state index in [0.29, 0.717) is 0 Å². The van der Waals surface area contributed by atoms with Gasteiger partial charge >= 0.3 is 6.09 Å². The molecule has 1 unspecified atom stereocenters. The summed E-state index contributed by atoms with van der Waals surface area (Å²) in [5.41, 5.74) is 0.166. The minimum absolute atomic E-state index is 0.0534. The maximum atomic E-state index is 12.7. The molecule has 1 aliphatic heterocycles. The summed E-state index contributed by atoms with van der Waals surface area (Å²) >= 11 is 0. The average Bonchev–Trinajstić information content (AvgIpc) is 2.44. The van der Waals surface area contributed by atoms with Gasteiger partial charge in [-0.15, -0.1) is 0 Å². The summed E-state index contributed by atoms with van der Waals surface area (Å²) in [5.74, 6) is -3.42. The van der Waals surface area contributed by atoms with E-state index in [1.165, 1.54) is 19.1 Å². The van der Waals surface area contributed by atoms with Crippen molar-refractivity contribution in [1.29, 1.82) is 5.26 Å². The van der Waals surface area contributed by atoms with E-state index in [1.807, 2.05) is 6.07 Å². The summed E-state index contributed by atoms with van der Waals surface area (Å²) in [6.45, 7) is 0.0740. The average molecular weight is 309 g/mol. The van der Waals surface area contributed by atoms with Crippen LogP contribution in [0.5, 0.6) is 5.75 Å². The van der Waals surface area contributed by atoms with Gasteiger partial charge in [-0.05, 0) is 19.1 Å². The van der Waals surface area contributed by atoms with Crippen LogP contribution < -0.4 is 10.1 Å².